The van der Waals surface area contributed by atoms with E-state index in [-0.39, 0.29) is 28.4 Å². The number of carbonyl (C=O) groups excluding carboxylic acids is 2. The van der Waals surface area contributed by atoms with Crippen LogP contribution in [0.15, 0.2) is 60.1 Å². The second-order valence-corrected chi connectivity index (χ2v) is 11.3. The maximum atomic E-state index is 13.0. The van der Waals surface area contributed by atoms with E-state index in [1.54, 1.807) is 24.5 Å². The molecule has 214 valence electrons. The zero-order valence-electron chi connectivity index (χ0n) is 22.0. The Kier molecular flexibility index (Phi) is 7.62. The highest BCUT2D eigenvalue weighted by Gasteiger charge is 2.41. The molecule has 4 N–H and O–H groups in total. The lowest BCUT2D eigenvalue weighted by Crippen LogP contribution is -2.52. The summed E-state index contributed by atoms with van der Waals surface area (Å²) < 4.78 is 46.0. The predicted molar refractivity (Wildman–Crippen MR) is 147 cm³/mol. The number of benzene rings is 1. The number of nitrogens with one attached hydrogen (secondary N) is 2. The maximum absolute atomic E-state index is 13.0. The first-order valence-corrected chi connectivity index (χ1v) is 13.4. The van der Waals surface area contributed by atoms with Crippen LogP contribution in [0.25, 0.3) is 16.8 Å². The molecule has 0 saturated carbocycles. The van der Waals surface area contributed by atoms with E-state index in [0.29, 0.717) is 41.7 Å². The van der Waals surface area contributed by atoms with Gasteiger partial charge in [0.15, 0.2) is 5.16 Å². The first-order valence-electron chi connectivity index (χ1n) is 12.5. The first kappa shape index (κ1) is 28.4. The van der Waals surface area contributed by atoms with Gasteiger partial charge in [0, 0.05) is 41.5 Å². The van der Waals surface area contributed by atoms with Crippen molar-refractivity contribution in [1.82, 2.24) is 24.7 Å². The zero-order valence-corrected chi connectivity index (χ0v) is 22.8. The Morgan fingerprint density at radius 2 is 1.90 bits per heavy atom. The fourth-order valence-corrected chi connectivity index (χ4v) is 5.11. The number of hydrogen-bond acceptors (Lipinski definition) is 8. The minimum absolute atomic E-state index is 0.0214. The van der Waals surface area contributed by atoms with Crippen LogP contribution in [0.4, 0.5) is 24.8 Å². The molecule has 4 heterocycles. The summed E-state index contributed by atoms with van der Waals surface area (Å²) in [4.78, 5) is 37.9. The third kappa shape index (κ3) is 5.98. The van der Waals surface area contributed by atoms with Gasteiger partial charge in [-0.25, -0.2) is 15.0 Å². The first-order chi connectivity index (χ1) is 19.4. The van der Waals surface area contributed by atoms with Crippen LogP contribution in [-0.2, 0) is 15.7 Å². The number of nitrogens with two attached hydrogens (primary N) is 1. The Bertz CT molecular complexity index is 1600. The average Bonchev–Trinajstić information content (AvgIpc) is 3.29. The number of ether oxygens (including phenoxy) is 1. The van der Waals surface area contributed by atoms with Gasteiger partial charge in [-0.1, -0.05) is 30.8 Å². The fraction of sp³-hybridized carbons (Fsp3) is 0.296. The molecule has 1 aromatic carbocycles. The molecule has 41 heavy (non-hydrogen) atoms. The van der Waals surface area contributed by atoms with Gasteiger partial charge in [0.05, 0.1) is 24.2 Å². The van der Waals surface area contributed by atoms with Crippen molar-refractivity contribution in [1.29, 1.82) is 0 Å². The number of thioether (sulfide) groups is 1. The predicted octanol–water partition coefficient (Wildman–Crippen LogP) is 4.28. The minimum atomic E-state index is -4.55. The van der Waals surface area contributed by atoms with Gasteiger partial charge in [-0.05, 0) is 31.2 Å². The van der Waals surface area contributed by atoms with Crippen molar-refractivity contribution in [2.75, 3.05) is 30.8 Å². The molecule has 1 unspecified atom stereocenters. The fourth-order valence-electron chi connectivity index (χ4n) is 4.18. The molecule has 0 aliphatic carbocycles. The summed E-state index contributed by atoms with van der Waals surface area (Å²) in [6.45, 7) is 5.08. The molecule has 3 aromatic heterocycles. The summed E-state index contributed by atoms with van der Waals surface area (Å²) in [5.74, 6) is -0.618. The lowest BCUT2D eigenvalue weighted by atomic mass is 9.87. The van der Waals surface area contributed by atoms with E-state index < -0.39 is 23.1 Å². The number of nitrogens with zero attached hydrogens (tertiary/aromatic N) is 4. The number of carbonyl (C=O) groups is 2. The third-order valence-corrected chi connectivity index (χ3v) is 7.61. The van der Waals surface area contributed by atoms with Crippen molar-refractivity contribution in [3.05, 3.63) is 66.1 Å². The third-order valence-electron chi connectivity index (χ3n) is 6.55. The normalized spacial score (nSPS) is 15.2. The quantitative estimate of drug-likeness (QED) is 0.261. The molecule has 1 saturated heterocycles. The van der Waals surface area contributed by atoms with Crippen LogP contribution in [0, 0.1) is 5.41 Å². The monoisotopic (exact) mass is 585 g/mol. The topological polar surface area (TPSA) is 137 Å². The smallest absolute Gasteiger partial charge is 0.382 e. The Labute approximate surface area is 236 Å². The Balaban J connectivity index is 1.33. The van der Waals surface area contributed by atoms with Gasteiger partial charge in [-0.15, -0.1) is 0 Å². The Hall–Kier alpha value is -4.17. The van der Waals surface area contributed by atoms with E-state index >= 15 is 0 Å². The highest BCUT2D eigenvalue weighted by Crippen LogP contribution is 2.34. The number of imidazole rings is 1. The maximum Gasteiger partial charge on any atom is 0.416 e. The van der Waals surface area contributed by atoms with Gasteiger partial charge < -0.3 is 21.1 Å². The zero-order chi connectivity index (χ0) is 29.4. The van der Waals surface area contributed by atoms with Crippen LogP contribution in [0.5, 0.6) is 0 Å². The lowest BCUT2D eigenvalue weighted by molar-refractivity contribution is -0.157. The van der Waals surface area contributed by atoms with Crippen LogP contribution < -0.4 is 16.4 Å². The highest BCUT2D eigenvalue weighted by molar-refractivity contribution is 7.99. The second kappa shape index (κ2) is 11.0. The van der Waals surface area contributed by atoms with Crippen molar-refractivity contribution >= 4 is 40.7 Å². The van der Waals surface area contributed by atoms with Gasteiger partial charge >= 0.3 is 6.18 Å². The number of fused-ring (bicyclic) bond motifs is 1. The van der Waals surface area contributed by atoms with Crippen LogP contribution in [0.3, 0.4) is 0 Å². The summed E-state index contributed by atoms with van der Waals surface area (Å²) in [6, 6.07) is 8.00. The van der Waals surface area contributed by atoms with E-state index in [1.165, 1.54) is 23.9 Å². The molecular weight excluding hydrogens is 559 g/mol. The summed E-state index contributed by atoms with van der Waals surface area (Å²) >= 11 is 1.46. The van der Waals surface area contributed by atoms with E-state index in [9.17, 15) is 22.8 Å². The standard InChI is InChI=1S/C27H26F3N7O3S/c1-15(12-34-24(39)26(2)13-40-14-26)41-25-36-20(21-22(31)33-9-10-37(21)25)16-3-5-17(6-4-16)23(38)35-19-11-18(7-8-32-19)27(28,29)30/h3-11,15H,12-14H2,1-2H3,(H2,31,33)(H,34,39)(H,32,35,38). The molecule has 0 radical (unpaired) electrons. The molecular formula is C27H26F3N7O3S. The molecule has 2 amide bonds. The number of halogens is 3. The summed E-state index contributed by atoms with van der Waals surface area (Å²) in [7, 11) is 0. The molecule has 4 aromatic rings. The summed E-state index contributed by atoms with van der Waals surface area (Å²) in [5, 5.41) is 5.99. The number of aromatic nitrogens is 4. The molecule has 1 aliphatic rings. The molecule has 1 aliphatic heterocycles. The largest absolute Gasteiger partial charge is 0.416 e. The molecule has 14 heteroatoms. The van der Waals surface area contributed by atoms with Gasteiger partial charge in [0.2, 0.25) is 5.91 Å². The number of hydrogen-bond donors (Lipinski definition) is 3. The van der Waals surface area contributed by atoms with E-state index in [2.05, 4.69) is 20.6 Å². The van der Waals surface area contributed by atoms with Gasteiger partial charge in [0.25, 0.3) is 5.91 Å². The van der Waals surface area contributed by atoms with Gasteiger partial charge in [0.1, 0.15) is 22.8 Å². The van der Waals surface area contributed by atoms with Gasteiger partial charge in [-0.2, -0.15) is 13.2 Å². The van der Waals surface area contributed by atoms with Crippen LogP contribution in [-0.4, -0.2) is 56.2 Å². The van der Waals surface area contributed by atoms with E-state index in [1.807, 2.05) is 18.2 Å². The molecule has 10 nitrogen and oxygen atoms in total. The SMILES string of the molecule is CC(CNC(=O)C1(C)COC1)Sc1nc(-c2ccc(C(=O)Nc3cc(C(F)(F)F)ccn3)cc2)c2c(N)nccn12. The molecule has 1 atom stereocenters. The molecule has 5 rings (SSSR count). The molecule has 1 fully saturated rings. The number of alkyl halides is 3. The van der Waals surface area contributed by atoms with Crippen molar-refractivity contribution in [3.63, 3.8) is 0 Å². The number of pyridine rings is 1. The number of anilines is 2. The summed E-state index contributed by atoms with van der Waals surface area (Å²) in [5.41, 5.74) is 6.79. The minimum Gasteiger partial charge on any atom is -0.382 e. The molecule has 0 spiro atoms. The second-order valence-electron chi connectivity index (χ2n) is 9.93. The van der Waals surface area contributed by atoms with Crippen molar-refractivity contribution in [2.45, 2.75) is 30.4 Å². The van der Waals surface area contributed by atoms with Crippen molar-refractivity contribution in [3.8, 4) is 11.3 Å². The van der Waals surface area contributed by atoms with Crippen LogP contribution in [0.1, 0.15) is 29.8 Å². The van der Waals surface area contributed by atoms with Crippen molar-refractivity contribution < 1.29 is 27.5 Å². The summed E-state index contributed by atoms with van der Waals surface area (Å²) in [6.07, 6.45) is -0.262. The van der Waals surface area contributed by atoms with Crippen LogP contribution >= 0.6 is 11.8 Å². The van der Waals surface area contributed by atoms with Crippen molar-refractivity contribution in [2.24, 2.45) is 5.41 Å². The lowest BCUT2D eigenvalue weighted by Gasteiger charge is -2.36. The van der Waals surface area contributed by atoms with Crippen LogP contribution in [0.2, 0.25) is 0 Å². The molecule has 0 bridgehead atoms. The highest BCUT2D eigenvalue weighted by atomic mass is 32.2. The average molecular weight is 586 g/mol. The van der Waals surface area contributed by atoms with E-state index in [0.717, 1.165) is 18.3 Å². The van der Waals surface area contributed by atoms with Gasteiger partial charge in [-0.3, -0.25) is 14.0 Å². The Morgan fingerprint density at radius 1 is 1.17 bits per heavy atom. The number of amides is 2. The van der Waals surface area contributed by atoms with E-state index in [4.69, 9.17) is 15.5 Å². The Morgan fingerprint density at radius 3 is 2.56 bits per heavy atom. The number of nitrogen functional groups attached to an aromatic ring is 1. The number of rotatable bonds is 8.